The second kappa shape index (κ2) is 7.05. The molecule has 0 bridgehead atoms. The van der Waals surface area contributed by atoms with Crippen molar-refractivity contribution in [2.75, 3.05) is 20.6 Å². The average molecular weight is 379 g/mol. The van der Waals surface area contributed by atoms with Gasteiger partial charge >= 0.3 is 0 Å². The number of hydrogen-bond donors (Lipinski definition) is 0. The topological polar surface area (TPSA) is 92.4 Å². The summed E-state index contributed by atoms with van der Waals surface area (Å²) in [4.78, 5) is 9.23. The van der Waals surface area contributed by atoms with E-state index in [1.807, 2.05) is 26.8 Å². The lowest BCUT2D eigenvalue weighted by Crippen LogP contribution is -2.44. The summed E-state index contributed by atoms with van der Waals surface area (Å²) in [7, 11) is -0.404. The highest BCUT2D eigenvalue weighted by molar-refractivity contribution is 7.86. The van der Waals surface area contributed by atoms with Crippen LogP contribution in [0.1, 0.15) is 48.1 Å². The van der Waals surface area contributed by atoms with Crippen molar-refractivity contribution in [2.24, 2.45) is 0 Å². The minimum absolute atomic E-state index is 0.294. The van der Waals surface area contributed by atoms with Gasteiger partial charge in [-0.15, -0.1) is 0 Å². The van der Waals surface area contributed by atoms with Crippen molar-refractivity contribution >= 4 is 10.2 Å². The number of nitrogens with zero attached hydrogens (tertiary/aromatic N) is 5. The van der Waals surface area contributed by atoms with Crippen LogP contribution in [0.3, 0.4) is 0 Å². The molecule has 2 aromatic heterocycles. The molecule has 0 spiro atoms. The molecule has 1 aliphatic rings. The van der Waals surface area contributed by atoms with Crippen LogP contribution in [0, 0.1) is 20.8 Å². The quantitative estimate of drug-likeness (QED) is 0.810. The molecular weight excluding hydrogens is 354 g/mol. The van der Waals surface area contributed by atoms with E-state index < -0.39 is 10.2 Å². The Morgan fingerprint density at radius 2 is 1.92 bits per heavy atom. The molecule has 8 nitrogen and oxygen atoms in total. The fourth-order valence-electron chi connectivity index (χ4n) is 3.36. The highest BCUT2D eigenvalue weighted by Crippen LogP contribution is 2.34. The molecule has 0 unspecified atom stereocenters. The first-order valence-electron chi connectivity index (χ1n) is 8.70. The van der Waals surface area contributed by atoms with Crippen LogP contribution < -0.4 is 0 Å². The van der Waals surface area contributed by atoms with Gasteiger partial charge in [0.25, 0.3) is 10.2 Å². The van der Waals surface area contributed by atoms with Gasteiger partial charge in [0.1, 0.15) is 5.76 Å². The second-order valence-corrected chi connectivity index (χ2v) is 8.96. The van der Waals surface area contributed by atoms with Gasteiger partial charge in [-0.05, 0) is 39.7 Å². The van der Waals surface area contributed by atoms with E-state index in [4.69, 9.17) is 9.51 Å². The Kier molecular flexibility index (Phi) is 5.14. The number of aryl methyl sites for hydroxylation is 3. The van der Waals surface area contributed by atoms with Gasteiger partial charge in [0, 0.05) is 26.3 Å². The van der Waals surface area contributed by atoms with E-state index >= 15 is 0 Å². The van der Waals surface area contributed by atoms with Gasteiger partial charge in [-0.3, -0.25) is 0 Å². The summed E-state index contributed by atoms with van der Waals surface area (Å²) in [6.45, 7) is 6.06. The standard InChI is InChI=1S/C17H25N5O3S/c1-11-10-14(19-17(18-11)16-12(2)20-25-13(16)3)15-8-6-7-9-22(15)26(23,24)21(4)5/h10,15H,6-9H2,1-5H3/t15-/m1/s1. The molecule has 9 heteroatoms. The van der Waals surface area contributed by atoms with E-state index in [2.05, 4.69) is 10.1 Å². The molecule has 1 fully saturated rings. The van der Waals surface area contributed by atoms with E-state index in [0.717, 1.165) is 41.9 Å². The van der Waals surface area contributed by atoms with E-state index in [1.165, 1.54) is 4.31 Å². The lowest BCUT2D eigenvalue weighted by atomic mass is 10.0. The van der Waals surface area contributed by atoms with Crippen molar-refractivity contribution in [1.82, 2.24) is 23.7 Å². The van der Waals surface area contributed by atoms with E-state index in [1.54, 1.807) is 18.4 Å². The Balaban J connectivity index is 2.08. The van der Waals surface area contributed by atoms with Crippen LogP contribution in [0.15, 0.2) is 10.6 Å². The van der Waals surface area contributed by atoms with Crippen LogP contribution in [-0.2, 0) is 10.2 Å². The molecule has 26 heavy (non-hydrogen) atoms. The molecule has 0 aromatic carbocycles. The van der Waals surface area contributed by atoms with Gasteiger partial charge in [0.15, 0.2) is 5.82 Å². The minimum Gasteiger partial charge on any atom is -0.361 e. The van der Waals surface area contributed by atoms with E-state index in [0.29, 0.717) is 18.1 Å². The van der Waals surface area contributed by atoms with Gasteiger partial charge in [-0.25, -0.2) is 9.97 Å². The SMILES string of the molecule is Cc1cc([C@H]2CCCCN2S(=O)(=O)N(C)C)nc(-c2c(C)noc2C)n1. The molecule has 1 aliphatic heterocycles. The first-order chi connectivity index (χ1) is 12.2. The summed E-state index contributed by atoms with van der Waals surface area (Å²) in [6.07, 6.45) is 2.56. The maximum absolute atomic E-state index is 12.8. The fraction of sp³-hybridized carbons (Fsp3) is 0.588. The largest absolute Gasteiger partial charge is 0.361 e. The molecule has 0 aliphatic carbocycles. The Labute approximate surface area is 154 Å². The van der Waals surface area contributed by atoms with Gasteiger partial charge < -0.3 is 4.52 Å². The zero-order valence-corrected chi connectivity index (χ0v) is 16.7. The average Bonchev–Trinajstić information content (AvgIpc) is 2.92. The third kappa shape index (κ3) is 3.38. The normalized spacial score (nSPS) is 19.2. The molecule has 0 N–H and O–H groups in total. The third-order valence-electron chi connectivity index (χ3n) is 4.68. The Morgan fingerprint density at radius 1 is 1.19 bits per heavy atom. The van der Waals surface area contributed by atoms with Crippen molar-refractivity contribution in [3.63, 3.8) is 0 Å². The van der Waals surface area contributed by atoms with Gasteiger partial charge in [-0.2, -0.15) is 17.0 Å². The molecule has 1 atom stereocenters. The van der Waals surface area contributed by atoms with Gasteiger partial charge in [0.05, 0.1) is 23.0 Å². The van der Waals surface area contributed by atoms with Crippen molar-refractivity contribution in [3.8, 4) is 11.4 Å². The lowest BCUT2D eigenvalue weighted by Gasteiger charge is -2.36. The monoisotopic (exact) mass is 379 g/mol. The number of rotatable bonds is 4. The smallest absolute Gasteiger partial charge is 0.282 e. The molecule has 3 heterocycles. The Hall–Kier alpha value is -1.84. The first-order valence-corrected chi connectivity index (χ1v) is 10.1. The second-order valence-electron chi connectivity index (χ2n) is 6.87. The van der Waals surface area contributed by atoms with Gasteiger partial charge in [0.2, 0.25) is 0 Å². The van der Waals surface area contributed by atoms with Crippen LogP contribution in [0.2, 0.25) is 0 Å². The summed E-state index contributed by atoms with van der Waals surface area (Å²) < 4.78 is 33.6. The Morgan fingerprint density at radius 3 is 2.54 bits per heavy atom. The third-order valence-corrected chi connectivity index (χ3v) is 6.64. The lowest BCUT2D eigenvalue weighted by molar-refractivity contribution is 0.238. The predicted molar refractivity (Wildman–Crippen MR) is 97.6 cm³/mol. The van der Waals surface area contributed by atoms with Crippen LogP contribution >= 0.6 is 0 Å². The molecular formula is C17H25N5O3S. The van der Waals surface area contributed by atoms with Crippen LogP contribution in [0.25, 0.3) is 11.4 Å². The molecule has 0 amide bonds. The zero-order chi connectivity index (χ0) is 19.1. The highest BCUT2D eigenvalue weighted by atomic mass is 32.2. The van der Waals surface area contributed by atoms with Crippen molar-refractivity contribution in [2.45, 2.75) is 46.1 Å². The van der Waals surface area contributed by atoms with Crippen molar-refractivity contribution < 1.29 is 12.9 Å². The van der Waals surface area contributed by atoms with Crippen molar-refractivity contribution in [3.05, 3.63) is 28.9 Å². The van der Waals surface area contributed by atoms with Crippen LogP contribution in [0.4, 0.5) is 0 Å². The summed E-state index contributed by atoms with van der Waals surface area (Å²) in [6, 6.07) is 1.58. The summed E-state index contributed by atoms with van der Waals surface area (Å²) in [5.74, 6) is 1.18. The number of piperidine rings is 1. The van der Waals surface area contributed by atoms with Gasteiger partial charge in [-0.1, -0.05) is 11.6 Å². The zero-order valence-electron chi connectivity index (χ0n) is 15.9. The molecule has 3 rings (SSSR count). The fourth-order valence-corrected chi connectivity index (χ4v) is 4.68. The maximum Gasteiger partial charge on any atom is 0.282 e. The first kappa shape index (κ1) is 18.9. The minimum atomic E-state index is -3.52. The molecule has 2 aromatic rings. The number of aromatic nitrogens is 3. The van der Waals surface area contributed by atoms with Crippen LogP contribution in [0.5, 0.6) is 0 Å². The molecule has 0 radical (unpaired) electrons. The van der Waals surface area contributed by atoms with Crippen LogP contribution in [-0.4, -0.2) is 52.8 Å². The highest BCUT2D eigenvalue weighted by Gasteiger charge is 2.36. The predicted octanol–water partition coefficient (Wildman–Crippen LogP) is 2.39. The molecule has 0 saturated carbocycles. The molecule has 1 saturated heterocycles. The Bertz CT molecular complexity index is 888. The summed E-state index contributed by atoms with van der Waals surface area (Å²) in [5, 5.41) is 3.97. The number of hydrogen-bond acceptors (Lipinski definition) is 6. The molecule has 142 valence electrons. The van der Waals surface area contributed by atoms with E-state index in [9.17, 15) is 8.42 Å². The summed E-state index contributed by atoms with van der Waals surface area (Å²) >= 11 is 0. The summed E-state index contributed by atoms with van der Waals surface area (Å²) in [5.41, 5.74) is 3.00. The van der Waals surface area contributed by atoms with Crippen molar-refractivity contribution in [1.29, 1.82) is 0 Å². The van der Waals surface area contributed by atoms with E-state index in [-0.39, 0.29) is 6.04 Å². The maximum atomic E-state index is 12.8.